The topological polar surface area (TPSA) is 0 Å². The Balaban J connectivity index is 3.00. The van der Waals surface area contributed by atoms with Gasteiger partial charge in [-0.3, -0.25) is 0 Å². The summed E-state index contributed by atoms with van der Waals surface area (Å²) in [6.45, 7) is 2.29. The van der Waals surface area contributed by atoms with E-state index in [4.69, 9.17) is 10.7 Å². The SMILES string of the molecule is CCCCCCCCCCCCCCCCCCS(C)(C)Cl. The zero-order valence-corrected chi connectivity index (χ0v) is 17.4. The fraction of sp³-hybridized carbons (Fsp3) is 1.00. The largest absolute Gasteiger partial charge is 0.169 e. The Morgan fingerprint density at radius 1 is 0.500 bits per heavy atom. The average molecular weight is 351 g/mol. The Morgan fingerprint density at radius 3 is 1.05 bits per heavy atom. The smallest absolute Gasteiger partial charge is 0.0106 e. The van der Waals surface area contributed by atoms with E-state index < -0.39 is 9.24 Å². The molecule has 0 spiro atoms. The molecule has 0 aliphatic heterocycles. The van der Waals surface area contributed by atoms with E-state index in [0.29, 0.717) is 0 Å². The quantitative estimate of drug-likeness (QED) is 0.231. The molecule has 0 unspecified atom stereocenters. The van der Waals surface area contributed by atoms with Crippen LogP contribution in [-0.2, 0) is 0 Å². The maximum atomic E-state index is 6.28. The molecular weight excluding hydrogens is 308 g/mol. The minimum atomic E-state index is -0.771. The molecule has 0 rings (SSSR count). The molecule has 0 nitrogen and oxygen atoms in total. The first kappa shape index (κ1) is 22.6. The Hall–Kier alpha value is 0.640. The van der Waals surface area contributed by atoms with Crippen molar-refractivity contribution in [2.75, 3.05) is 18.3 Å². The summed E-state index contributed by atoms with van der Waals surface area (Å²) in [5.74, 6) is 1.24. The van der Waals surface area contributed by atoms with Crippen LogP contribution >= 0.6 is 19.9 Å². The van der Waals surface area contributed by atoms with E-state index in [-0.39, 0.29) is 0 Å². The van der Waals surface area contributed by atoms with Crippen molar-refractivity contribution < 1.29 is 0 Å². The van der Waals surface area contributed by atoms with Crippen LogP contribution in [0.4, 0.5) is 0 Å². The second kappa shape index (κ2) is 16.5. The van der Waals surface area contributed by atoms with Crippen LogP contribution in [0.15, 0.2) is 0 Å². The van der Waals surface area contributed by atoms with Crippen molar-refractivity contribution in [3.05, 3.63) is 0 Å². The Bertz CT molecular complexity index is 210. The maximum Gasteiger partial charge on any atom is -0.0106 e. The van der Waals surface area contributed by atoms with Gasteiger partial charge in [0, 0.05) is 0 Å². The summed E-state index contributed by atoms with van der Waals surface area (Å²) >= 11 is 0. The Kier molecular flexibility index (Phi) is 17.0. The minimum Gasteiger partial charge on any atom is -0.169 e. The minimum absolute atomic E-state index is 0.771. The highest BCUT2D eigenvalue weighted by Crippen LogP contribution is 2.45. The fourth-order valence-electron chi connectivity index (χ4n) is 2.99. The van der Waals surface area contributed by atoms with Crippen LogP contribution in [0.25, 0.3) is 0 Å². The molecule has 2 heteroatoms. The van der Waals surface area contributed by atoms with E-state index in [2.05, 4.69) is 19.4 Å². The molecule has 0 aromatic rings. The lowest BCUT2D eigenvalue weighted by Crippen LogP contribution is -1.93. The van der Waals surface area contributed by atoms with E-state index in [9.17, 15) is 0 Å². The van der Waals surface area contributed by atoms with Crippen molar-refractivity contribution in [3.63, 3.8) is 0 Å². The van der Waals surface area contributed by atoms with Crippen LogP contribution in [0.1, 0.15) is 110 Å². The van der Waals surface area contributed by atoms with Gasteiger partial charge in [0.25, 0.3) is 0 Å². The molecule has 0 fully saturated rings. The third kappa shape index (κ3) is 20.6. The average Bonchev–Trinajstić information content (AvgIpc) is 2.45. The third-order valence-electron chi connectivity index (χ3n) is 4.48. The molecule has 136 valence electrons. The van der Waals surface area contributed by atoms with Gasteiger partial charge in [0.1, 0.15) is 0 Å². The fourth-order valence-corrected chi connectivity index (χ4v) is 4.21. The molecule has 0 aliphatic carbocycles. The van der Waals surface area contributed by atoms with Crippen molar-refractivity contribution >= 4 is 19.9 Å². The molecule has 0 aromatic heterocycles. The summed E-state index contributed by atoms with van der Waals surface area (Å²) in [5, 5.41) is 0. The van der Waals surface area contributed by atoms with Crippen LogP contribution < -0.4 is 0 Å². The highest BCUT2D eigenvalue weighted by Gasteiger charge is 2.05. The van der Waals surface area contributed by atoms with Crippen molar-refractivity contribution in [1.82, 2.24) is 0 Å². The Morgan fingerprint density at radius 2 is 0.773 bits per heavy atom. The van der Waals surface area contributed by atoms with E-state index in [1.807, 2.05) is 0 Å². The van der Waals surface area contributed by atoms with Crippen molar-refractivity contribution in [1.29, 1.82) is 0 Å². The second-order valence-electron chi connectivity index (χ2n) is 7.41. The standard InChI is InChI=1S/C20H43ClS/c1-4-5-6-7-8-9-10-11-12-13-14-15-16-17-18-19-20-22(2,3)21/h4-20H2,1-3H3. The molecule has 0 radical (unpaired) electrons. The molecule has 0 aliphatic rings. The first-order valence-electron chi connectivity index (χ1n) is 9.97. The van der Waals surface area contributed by atoms with Gasteiger partial charge in [0.2, 0.25) is 0 Å². The third-order valence-corrected chi connectivity index (χ3v) is 6.21. The van der Waals surface area contributed by atoms with E-state index >= 15 is 0 Å². The normalized spacial score (nSPS) is 12.7. The van der Waals surface area contributed by atoms with Gasteiger partial charge >= 0.3 is 0 Å². The summed E-state index contributed by atoms with van der Waals surface area (Å²) in [6.07, 6.45) is 27.5. The van der Waals surface area contributed by atoms with Gasteiger partial charge in [0.05, 0.1) is 0 Å². The van der Waals surface area contributed by atoms with Gasteiger partial charge in [0.15, 0.2) is 0 Å². The van der Waals surface area contributed by atoms with E-state index in [0.717, 1.165) is 0 Å². The number of hydrogen-bond donors (Lipinski definition) is 0. The first-order valence-corrected chi connectivity index (χ1v) is 13.4. The molecule has 0 saturated carbocycles. The lowest BCUT2D eigenvalue weighted by molar-refractivity contribution is 0.531. The van der Waals surface area contributed by atoms with Crippen LogP contribution in [0.5, 0.6) is 0 Å². The van der Waals surface area contributed by atoms with Crippen molar-refractivity contribution in [2.45, 2.75) is 110 Å². The molecular formula is C20H43ClS. The van der Waals surface area contributed by atoms with Gasteiger partial charge in [-0.05, 0) is 24.7 Å². The summed E-state index contributed by atoms with van der Waals surface area (Å²) in [5.41, 5.74) is 0. The first-order chi connectivity index (χ1) is 10.6. The molecule has 0 amide bonds. The number of hydrogen-bond acceptors (Lipinski definition) is 0. The summed E-state index contributed by atoms with van der Waals surface area (Å²) in [7, 11) is 5.51. The lowest BCUT2D eigenvalue weighted by Gasteiger charge is -2.21. The number of rotatable bonds is 17. The Labute approximate surface area is 148 Å². The molecule has 0 heterocycles. The van der Waals surface area contributed by atoms with Gasteiger partial charge < -0.3 is 0 Å². The molecule has 0 N–H and O–H groups in total. The van der Waals surface area contributed by atoms with Crippen LogP contribution in [0.3, 0.4) is 0 Å². The van der Waals surface area contributed by atoms with Gasteiger partial charge in [-0.25, -0.2) is 0 Å². The monoisotopic (exact) mass is 350 g/mol. The summed E-state index contributed by atoms with van der Waals surface area (Å²) in [4.78, 5) is 0. The van der Waals surface area contributed by atoms with Crippen LogP contribution in [-0.4, -0.2) is 18.3 Å². The highest BCUT2D eigenvalue weighted by molar-refractivity contribution is 8.50. The van der Waals surface area contributed by atoms with E-state index in [1.54, 1.807) is 0 Å². The zero-order chi connectivity index (χ0) is 16.5. The highest BCUT2D eigenvalue weighted by atomic mass is 35.7. The number of halogens is 1. The molecule has 0 bridgehead atoms. The maximum absolute atomic E-state index is 6.28. The molecule has 22 heavy (non-hydrogen) atoms. The summed E-state index contributed by atoms with van der Waals surface area (Å²) < 4.78 is 0. The van der Waals surface area contributed by atoms with Crippen molar-refractivity contribution in [2.24, 2.45) is 0 Å². The summed E-state index contributed by atoms with van der Waals surface area (Å²) in [6, 6.07) is 0. The van der Waals surface area contributed by atoms with E-state index in [1.165, 1.54) is 108 Å². The van der Waals surface area contributed by atoms with Gasteiger partial charge in [-0.15, -0.1) is 0 Å². The predicted octanol–water partition coefficient (Wildman–Crippen LogP) is 8.47. The van der Waals surface area contributed by atoms with Gasteiger partial charge in [-0.2, -0.15) is 9.24 Å². The van der Waals surface area contributed by atoms with Crippen LogP contribution in [0.2, 0.25) is 0 Å². The van der Waals surface area contributed by atoms with Gasteiger partial charge in [-0.1, -0.05) is 114 Å². The molecule has 0 atom stereocenters. The van der Waals surface area contributed by atoms with Crippen LogP contribution in [0, 0.1) is 0 Å². The molecule has 0 aromatic carbocycles. The number of unbranched alkanes of at least 4 members (excludes halogenated alkanes) is 15. The van der Waals surface area contributed by atoms with Crippen molar-refractivity contribution in [3.8, 4) is 0 Å². The molecule has 0 saturated heterocycles. The second-order valence-corrected chi connectivity index (χ2v) is 13.1. The lowest BCUT2D eigenvalue weighted by atomic mass is 10.0. The predicted molar refractivity (Wildman–Crippen MR) is 110 cm³/mol. The zero-order valence-electron chi connectivity index (χ0n) is 15.8.